The van der Waals surface area contributed by atoms with Gasteiger partial charge in [0.2, 0.25) is 0 Å². The average molecular weight is 475 g/mol. The van der Waals surface area contributed by atoms with Crippen molar-refractivity contribution in [2.24, 2.45) is 0 Å². The number of unbranched alkanes of at least 4 members (excludes halogenated alkanes) is 2. The van der Waals surface area contributed by atoms with Crippen molar-refractivity contribution in [2.45, 2.75) is 39.0 Å². The molecule has 0 atom stereocenters. The summed E-state index contributed by atoms with van der Waals surface area (Å²) in [4.78, 5) is 11.4. The number of furan rings is 1. The van der Waals surface area contributed by atoms with Crippen molar-refractivity contribution in [3.05, 3.63) is 89.8 Å². The molecule has 184 valence electrons. The molecule has 0 aliphatic carbocycles. The highest BCUT2D eigenvalue weighted by Crippen LogP contribution is 2.25. The second kappa shape index (κ2) is 13.8. The first-order valence-corrected chi connectivity index (χ1v) is 12.1. The van der Waals surface area contributed by atoms with Crippen molar-refractivity contribution in [1.29, 1.82) is 5.41 Å². The maximum Gasteiger partial charge on any atom is 0.305 e. The molecule has 1 heterocycles. The fraction of sp³-hybridized carbons (Fsp3) is 0.310. The molecular weight excluding hydrogens is 440 g/mol. The van der Waals surface area contributed by atoms with Crippen LogP contribution in [-0.4, -0.2) is 31.9 Å². The molecule has 0 spiro atoms. The summed E-state index contributed by atoms with van der Waals surface area (Å²) in [5.41, 5.74) is 4.16. The Hall–Kier alpha value is -3.80. The van der Waals surface area contributed by atoms with Gasteiger partial charge in [-0.25, -0.2) is 0 Å². The maximum atomic E-state index is 11.4. The van der Waals surface area contributed by atoms with E-state index < -0.39 is 0 Å². The van der Waals surface area contributed by atoms with Crippen molar-refractivity contribution < 1.29 is 18.7 Å². The number of para-hydroxylation sites is 1. The Labute approximate surface area is 207 Å². The van der Waals surface area contributed by atoms with Gasteiger partial charge in [-0.1, -0.05) is 42.5 Å². The Kier molecular flexibility index (Phi) is 10.2. The number of rotatable bonds is 14. The maximum absolute atomic E-state index is 11.4. The van der Waals surface area contributed by atoms with Gasteiger partial charge in [0.15, 0.2) is 0 Å². The van der Waals surface area contributed by atoms with E-state index in [4.69, 9.17) is 19.3 Å². The van der Waals surface area contributed by atoms with E-state index in [0.717, 1.165) is 53.0 Å². The van der Waals surface area contributed by atoms with E-state index in [0.29, 0.717) is 31.8 Å². The number of carbonyl (C=O) groups excluding carboxylic acids is 1. The molecule has 6 heteroatoms. The molecule has 2 aromatic carbocycles. The zero-order valence-corrected chi connectivity index (χ0v) is 20.5. The Balaban J connectivity index is 1.59. The van der Waals surface area contributed by atoms with Gasteiger partial charge in [-0.05, 0) is 61.1 Å². The molecule has 0 bridgehead atoms. The van der Waals surface area contributed by atoms with E-state index in [1.54, 1.807) is 6.26 Å². The number of ether oxygens (including phenoxy) is 2. The minimum Gasteiger partial charge on any atom is -0.493 e. The zero-order valence-electron chi connectivity index (χ0n) is 20.5. The number of benzene rings is 2. The Morgan fingerprint density at radius 3 is 2.54 bits per heavy atom. The van der Waals surface area contributed by atoms with E-state index >= 15 is 0 Å². The van der Waals surface area contributed by atoms with Gasteiger partial charge in [0.05, 0.1) is 25.2 Å². The summed E-state index contributed by atoms with van der Waals surface area (Å²) >= 11 is 0. The van der Waals surface area contributed by atoms with Gasteiger partial charge in [0.1, 0.15) is 11.5 Å². The molecule has 1 aromatic heterocycles. The third-order valence-electron chi connectivity index (χ3n) is 5.56. The molecule has 0 saturated heterocycles. The molecule has 6 nitrogen and oxygen atoms in total. The summed E-state index contributed by atoms with van der Waals surface area (Å²) in [5.74, 6) is 1.49. The molecule has 0 saturated carbocycles. The normalized spacial score (nSPS) is 11.2. The molecule has 35 heavy (non-hydrogen) atoms. The van der Waals surface area contributed by atoms with Crippen LogP contribution in [0.25, 0.3) is 11.3 Å². The van der Waals surface area contributed by atoms with Gasteiger partial charge in [-0.15, -0.1) is 0 Å². The summed E-state index contributed by atoms with van der Waals surface area (Å²) in [7, 11) is 1.84. The lowest BCUT2D eigenvalue weighted by atomic mass is 9.95. The van der Waals surface area contributed by atoms with E-state index in [1.807, 2.05) is 80.8 Å². The van der Waals surface area contributed by atoms with Crippen LogP contribution in [0.15, 0.2) is 83.1 Å². The van der Waals surface area contributed by atoms with Gasteiger partial charge in [-0.3, -0.25) is 10.2 Å². The number of hydrogen-bond acceptors (Lipinski definition) is 6. The highest BCUT2D eigenvalue weighted by atomic mass is 16.5. The molecular formula is C29H34N2O4. The second-order valence-corrected chi connectivity index (χ2v) is 8.14. The van der Waals surface area contributed by atoms with Crippen LogP contribution in [0.2, 0.25) is 0 Å². The quantitative estimate of drug-likeness (QED) is 0.166. The minimum atomic E-state index is -0.138. The second-order valence-electron chi connectivity index (χ2n) is 8.14. The lowest BCUT2D eigenvalue weighted by Crippen LogP contribution is -2.11. The van der Waals surface area contributed by atoms with Crippen LogP contribution in [0.3, 0.4) is 0 Å². The smallest absolute Gasteiger partial charge is 0.305 e. The number of allylic oxidation sites excluding steroid dienone is 1. The fourth-order valence-electron chi connectivity index (χ4n) is 3.77. The fourth-order valence-corrected chi connectivity index (χ4v) is 3.77. The highest BCUT2D eigenvalue weighted by Gasteiger charge is 2.13. The van der Waals surface area contributed by atoms with Gasteiger partial charge in [0.25, 0.3) is 0 Å². The number of esters is 1. The first kappa shape index (κ1) is 25.8. The van der Waals surface area contributed by atoms with Crippen LogP contribution in [0.1, 0.15) is 43.7 Å². The first-order valence-electron chi connectivity index (χ1n) is 12.1. The van der Waals surface area contributed by atoms with Crippen molar-refractivity contribution >= 4 is 11.7 Å². The van der Waals surface area contributed by atoms with Gasteiger partial charge in [-0.2, -0.15) is 0 Å². The molecule has 3 aromatic rings. The van der Waals surface area contributed by atoms with Crippen LogP contribution in [0, 0.1) is 5.41 Å². The average Bonchev–Trinajstić information content (AvgIpc) is 3.42. The van der Waals surface area contributed by atoms with Gasteiger partial charge < -0.3 is 19.2 Å². The van der Waals surface area contributed by atoms with Crippen molar-refractivity contribution in [3.63, 3.8) is 0 Å². The van der Waals surface area contributed by atoms with E-state index in [-0.39, 0.29) is 5.97 Å². The Morgan fingerprint density at radius 1 is 1.03 bits per heavy atom. The molecule has 0 aliphatic heterocycles. The van der Waals surface area contributed by atoms with E-state index in [9.17, 15) is 4.79 Å². The molecule has 3 rings (SSSR count). The monoisotopic (exact) mass is 474 g/mol. The molecule has 0 unspecified atom stereocenters. The number of nitrogens with one attached hydrogen (secondary N) is 2. The Morgan fingerprint density at radius 2 is 1.83 bits per heavy atom. The van der Waals surface area contributed by atoms with Crippen LogP contribution in [-0.2, 0) is 16.0 Å². The van der Waals surface area contributed by atoms with Crippen LogP contribution < -0.4 is 10.1 Å². The van der Waals surface area contributed by atoms with E-state index in [1.165, 1.54) is 0 Å². The minimum absolute atomic E-state index is 0.138. The summed E-state index contributed by atoms with van der Waals surface area (Å²) in [6.07, 6.45) is 7.12. The molecule has 0 fully saturated rings. The summed E-state index contributed by atoms with van der Waals surface area (Å²) in [5, 5.41) is 11.9. The highest BCUT2D eigenvalue weighted by molar-refractivity contribution is 6.10. The van der Waals surface area contributed by atoms with Crippen molar-refractivity contribution in [3.8, 4) is 17.1 Å². The van der Waals surface area contributed by atoms with Crippen molar-refractivity contribution in [2.75, 3.05) is 20.3 Å². The van der Waals surface area contributed by atoms with Crippen molar-refractivity contribution in [1.82, 2.24) is 5.32 Å². The summed E-state index contributed by atoms with van der Waals surface area (Å²) in [6, 6.07) is 19.6. The number of carbonyl (C=O) groups is 1. The third-order valence-corrected chi connectivity index (χ3v) is 5.56. The summed E-state index contributed by atoms with van der Waals surface area (Å²) in [6.45, 7) is 2.83. The molecule has 0 aliphatic rings. The van der Waals surface area contributed by atoms with Crippen LogP contribution in [0.4, 0.5) is 0 Å². The standard InChI is InChI=1S/C29H34N2O4/c1-3-33-28(32)13-5-4-8-18-34-27-11-7-6-10-24(27)20-25(21-31-2)29(30)23-16-14-22(15-17-23)26-12-9-19-35-26/h6-7,9-12,14-17,19,21,30-31H,3-5,8,13,18,20H2,1-2H3/b25-21-,30-29?. The first-order chi connectivity index (χ1) is 17.1. The van der Waals surface area contributed by atoms with Gasteiger partial charge >= 0.3 is 5.97 Å². The third kappa shape index (κ3) is 7.88. The largest absolute Gasteiger partial charge is 0.493 e. The predicted molar refractivity (Wildman–Crippen MR) is 139 cm³/mol. The van der Waals surface area contributed by atoms with Gasteiger partial charge in [0, 0.05) is 31.7 Å². The molecule has 2 N–H and O–H groups in total. The SMILES string of the molecule is CCOC(=O)CCCCCOc1ccccc1C/C(=C/NC)C(=N)c1ccc(-c2ccco2)cc1. The van der Waals surface area contributed by atoms with Crippen LogP contribution >= 0.6 is 0 Å². The zero-order chi connectivity index (χ0) is 24.9. The topological polar surface area (TPSA) is 84.5 Å². The van der Waals surface area contributed by atoms with E-state index in [2.05, 4.69) is 5.32 Å². The Bertz CT molecular complexity index is 1100. The predicted octanol–water partition coefficient (Wildman–Crippen LogP) is 6.16. The number of hydrogen-bond donors (Lipinski definition) is 2. The lowest BCUT2D eigenvalue weighted by molar-refractivity contribution is -0.143. The molecule has 0 radical (unpaired) electrons. The summed E-state index contributed by atoms with van der Waals surface area (Å²) < 4.78 is 16.5. The molecule has 0 amide bonds. The lowest BCUT2D eigenvalue weighted by Gasteiger charge is -2.15. The van der Waals surface area contributed by atoms with Crippen LogP contribution in [0.5, 0.6) is 5.75 Å².